The largest absolute Gasteiger partial charge is 0.355 e. The fourth-order valence-corrected chi connectivity index (χ4v) is 2.54. The van der Waals surface area contributed by atoms with Crippen molar-refractivity contribution in [2.45, 2.75) is 46.2 Å². The highest BCUT2D eigenvalue weighted by Gasteiger charge is 2.24. The summed E-state index contributed by atoms with van der Waals surface area (Å²) in [6, 6.07) is 0.112. The summed E-state index contributed by atoms with van der Waals surface area (Å²) < 4.78 is 1.96. The van der Waals surface area contributed by atoms with E-state index in [-0.39, 0.29) is 41.8 Å². The number of fused-ring (bicyclic) bond motifs is 1. The number of hydrogen-bond donors (Lipinski definition) is 3. The molecule has 0 aliphatic carbocycles. The molecule has 8 nitrogen and oxygen atoms in total. The van der Waals surface area contributed by atoms with E-state index in [1.54, 1.807) is 7.05 Å². The fourth-order valence-electron chi connectivity index (χ4n) is 2.54. The minimum atomic E-state index is 0. The highest BCUT2D eigenvalue weighted by Crippen LogP contribution is 2.22. The number of nitrogens with one attached hydrogen (secondary N) is 3. The Morgan fingerprint density at radius 3 is 2.75 bits per heavy atom. The van der Waals surface area contributed by atoms with Crippen molar-refractivity contribution in [3.8, 4) is 0 Å². The van der Waals surface area contributed by atoms with Crippen molar-refractivity contribution in [2.24, 2.45) is 10.9 Å². The second kappa shape index (κ2) is 9.80. The van der Waals surface area contributed by atoms with E-state index < -0.39 is 0 Å². The molecule has 0 saturated carbocycles. The van der Waals surface area contributed by atoms with Crippen LogP contribution in [0.3, 0.4) is 0 Å². The molecule has 1 aromatic heterocycles. The van der Waals surface area contributed by atoms with Gasteiger partial charge in [0.2, 0.25) is 5.91 Å². The molecule has 1 aromatic rings. The third-order valence-electron chi connectivity index (χ3n) is 3.76. The maximum Gasteiger partial charge on any atom is 0.222 e. The van der Waals surface area contributed by atoms with Crippen molar-refractivity contribution in [3.05, 3.63) is 11.6 Å². The number of halogens is 1. The summed E-state index contributed by atoms with van der Waals surface area (Å²) in [4.78, 5) is 20.3. The highest BCUT2D eigenvalue weighted by atomic mass is 127. The molecule has 24 heavy (non-hydrogen) atoms. The Labute approximate surface area is 160 Å². The smallest absolute Gasteiger partial charge is 0.222 e. The molecule has 1 amide bonds. The lowest BCUT2D eigenvalue weighted by molar-refractivity contribution is -0.123. The van der Waals surface area contributed by atoms with Crippen LogP contribution in [-0.2, 0) is 11.3 Å². The van der Waals surface area contributed by atoms with E-state index in [1.807, 2.05) is 25.5 Å². The van der Waals surface area contributed by atoms with E-state index in [9.17, 15) is 4.79 Å². The summed E-state index contributed by atoms with van der Waals surface area (Å²) in [5, 5.41) is 13.9. The van der Waals surface area contributed by atoms with Gasteiger partial charge in [-0.05, 0) is 19.8 Å². The fraction of sp³-hybridized carbons (Fsp3) is 0.733. The van der Waals surface area contributed by atoms with Crippen LogP contribution in [0.15, 0.2) is 4.99 Å². The molecular formula is C15H28IN7O. The van der Waals surface area contributed by atoms with Gasteiger partial charge in [0.05, 0.1) is 6.04 Å². The monoisotopic (exact) mass is 449 g/mol. The second-order valence-corrected chi connectivity index (χ2v) is 6.02. The van der Waals surface area contributed by atoms with E-state index in [0.29, 0.717) is 19.0 Å². The molecule has 1 aliphatic heterocycles. The predicted octanol–water partition coefficient (Wildman–Crippen LogP) is 0.977. The Morgan fingerprint density at radius 2 is 2.08 bits per heavy atom. The number of amides is 1. The SMILES string of the molecule is CN=C(NCCNC(=O)C(C)C)NC1CCCn2nc(C)nc21.I. The van der Waals surface area contributed by atoms with Crippen molar-refractivity contribution in [3.63, 3.8) is 0 Å². The van der Waals surface area contributed by atoms with Crippen LogP contribution in [0.25, 0.3) is 0 Å². The minimum absolute atomic E-state index is 0. The molecule has 0 spiro atoms. The van der Waals surface area contributed by atoms with Gasteiger partial charge in [-0.1, -0.05) is 13.8 Å². The number of hydrogen-bond acceptors (Lipinski definition) is 4. The van der Waals surface area contributed by atoms with Gasteiger partial charge in [0.25, 0.3) is 0 Å². The number of rotatable bonds is 5. The van der Waals surface area contributed by atoms with Crippen LogP contribution in [0.5, 0.6) is 0 Å². The van der Waals surface area contributed by atoms with Gasteiger partial charge in [0.1, 0.15) is 11.6 Å². The van der Waals surface area contributed by atoms with Crippen LogP contribution < -0.4 is 16.0 Å². The number of aliphatic imine (C=N–C) groups is 1. The molecule has 136 valence electrons. The number of guanidine groups is 1. The molecule has 9 heteroatoms. The number of carbonyl (C=O) groups excluding carboxylic acids is 1. The molecule has 0 radical (unpaired) electrons. The lowest BCUT2D eigenvalue weighted by Gasteiger charge is -2.25. The standard InChI is InChI=1S/C15H27N7O.HI/c1-10(2)14(23)17-7-8-18-15(16-4)20-12-6-5-9-22-13(12)19-11(3)21-22;/h10,12H,5-9H2,1-4H3,(H,17,23)(H2,16,18,20);1H. The van der Waals surface area contributed by atoms with Crippen molar-refractivity contribution < 1.29 is 4.79 Å². The van der Waals surface area contributed by atoms with Crippen molar-refractivity contribution in [2.75, 3.05) is 20.1 Å². The Balaban J connectivity index is 0.00000288. The third-order valence-corrected chi connectivity index (χ3v) is 3.76. The summed E-state index contributed by atoms with van der Waals surface area (Å²) in [7, 11) is 1.74. The van der Waals surface area contributed by atoms with Crippen molar-refractivity contribution >= 4 is 35.8 Å². The van der Waals surface area contributed by atoms with Crippen LogP contribution in [0.1, 0.15) is 44.4 Å². The van der Waals surface area contributed by atoms with Gasteiger partial charge >= 0.3 is 0 Å². The number of carbonyl (C=O) groups is 1. The topological polar surface area (TPSA) is 96.2 Å². The molecule has 0 fully saturated rings. The first-order valence-corrected chi connectivity index (χ1v) is 8.17. The molecule has 2 rings (SSSR count). The van der Waals surface area contributed by atoms with Gasteiger partial charge in [-0.3, -0.25) is 9.79 Å². The van der Waals surface area contributed by atoms with Gasteiger partial charge in [-0.2, -0.15) is 5.10 Å². The Morgan fingerprint density at radius 1 is 1.38 bits per heavy atom. The van der Waals surface area contributed by atoms with Gasteiger partial charge in [0.15, 0.2) is 5.96 Å². The number of nitrogens with zero attached hydrogens (tertiary/aromatic N) is 4. The summed E-state index contributed by atoms with van der Waals surface area (Å²) in [6.45, 7) is 7.78. The Bertz CT molecular complexity index is 570. The average Bonchev–Trinajstić information content (AvgIpc) is 2.90. The summed E-state index contributed by atoms with van der Waals surface area (Å²) in [5.74, 6) is 2.54. The predicted molar refractivity (Wildman–Crippen MR) is 104 cm³/mol. The molecule has 2 heterocycles. The Kier molecular flexibility index (Phi) is 8.43. The van der Waals surface area contributed by atoms with Gasteiger partial charge in [-0.25, -0.2) is 9.67 Å². The van der Waals surface area contributed by atoms with E-state index in [2.05, 4.69) is 31.0 Å². The maximum absolute atomic E-state index is 11.5. The number of aromatic nitrogens is 3. The quantitative estimate of drug-likeness (QED) is 0.270. The summed E-state index contributed by atoms with van der Waals surface area (Å²) in [6.07, 6.45) is 2.07. The highest BCUT2D eigenvalue weighted by molar-refractivity contribution is 14.0. The molecule has 0 bridgehead atoms. The van der Waals surface area contributed by atoms with Crippen LogP contribution in [0.4, 0.5) is 0 Å². The minimum Gasteiger partial charge on any atom is -0.355 e. The zero-order chi connectivity index (χ0) is 16.8. The lowest BCUT2D eigenvalue weighted by atomic mass is 10.1. The van der Waals surface area contributed by atoms with Gasteiger partial charge in [-0.15, -0.1) is 24.0 Å². The van der Waals surface area contributed by atoms with E-state index in [0.717, 1.165) is 31.0 Å². The molecule has 3 N–H and O–H groups in total. The summed E-state index contributed by atoms with van der Waals surface area (Å²) in [5.41, 5.74) is 0. The van der Waals surface area contributed by atoms with Crippen molar-refractivity contribution in [1.29, 1.82) is 0 Å². The van der Waals surface area contributed by atoms with Gasteiger partial charge in [0, 0.05) is 32.6 Å². The third kappa shape index (κ3) is 5.60. The molecule has 0 aromatic carbocycles. The van der Waals surface area contributed by atoms with E-state index >= 15 is 0 Å². The van der Waals surface area contributed by atoms with Crippen LogP contribution in [0, 0.1) is 12.8 Å². The molecule has 1 unspecified atom stereocenters. The Hall–Kier alpha value is -1.39. The van der Waals surface area contributed by atoms with Gasteiger partial charge < -0.3 is 16.0 Å². The second-order valence-electron chi connectivity index (χ2n) is 6.02. The molecule has 1 atom stereocenters. The average molecular weight is 449 g/mol. The summed E-state index contributed by atoms with van der Waals surface area (Å²) >= 11 is 0. The first-order chi connectivity index (χ1) is 11.0. The van der Waals surface area contributed by atoms with Crippen molar-refractivity contribution in [1.82, 2.24) is 30.7 Å². The lowest BCUT2D eigenvalue weighted by Crippen LogP contribution is -2.44. The number of aryl methyl sites for hydroxylation is 2. The zero-order valence-electron chi connectivity index (χ0n) is 14.8. The van der Waals surface area contributed by atoms with E-state index in [4.69, 9.17) is 0 Å². The normalized spacial score (nSPS) is 17.0. The molecule has 1 aliphatic rings. The molecular weight excluding hydrogens is 421 g/mol. The van der Waals surface area contributed by atoms with Crippen LogP contribution in [0.2, 0.25) is 0 Å². The van der Waals surface area contributed by atoms with E-state index in [1.165, 1.54) is 0 Å². The maximum atomic E-state index is 11.5. The zero-order valence-corrected chi connectivity index (χ0v) is 17.1. The first-order valence-electron chi connectivity index (χ1n) is 8.17. The van der Waals surface area contributed by atoms with Crippen LogP contribution >= 0.6 is 24.0 Å². The first kappa shape index (κ1) is 20.7. The molecule has 0 saturated heterocycles. The van der Waals surface area contributed by atoms with Crippen LogP contribution in [-0.4, -0.2) is 46.8 Å².